The Labute approximate surface area is 94.1 Å². The van der Waals surface area contributed by atoms with Gasteiger partial charge >= 0.3 is 6.03 Å². The highest BCUT2D eigenvalue weighted by molar-refractivity contribution is 7.07. The van der Waals surface area contributed by atoms with E-state index >= 15 is 0 Å². The van der Waals surface area contributed by atoms with Gasteiger partial charge in [0.15, 0.2) is 0 Å². The number of thiophene rings is 1. The second-order valence-corrected chi connectivity index (χ2v) is 4.74. The van der Waals surface area contributed by atoms with Gasteiger partial charge in [0.05, 0.1) is 0 Å². The summed E-state index contributed by atoms with van der Waals surface area (Å²) in [6, 6.07) is 2.51. The molecule has 0 aliphatic carbocycles. The normalized spacial score (nSPS) is 18.7. The molecule has 2 rings (SSSR count). The molecule has 1 N–H and O–H groups in total. The fourth-order valence-electron chi connectivity index (χ4n) is 1.93. The molecule has 1 unspecified atom stereocenters. The predicted octanol–water partition coefficient (Wildman–Crippen LogP) is 2.09. The second kappa shape index (κ2) is 4.66. The van der Waals surface area contributed by atoms with Gasteiger partial charge in [0.1, 0.15) is 0 Å². The average Bonchev–Trinajstić information content (AvgIpc) is 2.71. The molecule has 1 fully saturated rings. The molecule has 1 aliphatic heterocycles. The van der Waals surface area contributed by atoms with Gasteiger partial charge in [-0.15, -0.1) is 0 Å². The Morgan fingerprint density at radius 1 is 1.67 bits per heavy atom. The van der Waals surface area contributed by atoms with Gasteiger partial charge in [0, 0.05) is 19.1 Å². The van der Waals surface area contributed by atoms with Crippen molar-refractivity contribution in [2.45, 2.75) is 25.8 Å². The molecule has 0 radical (unpaired) electrons. The molecule has 15 heavy (non-hydrogen) atoms. The largest absolute Gasteiger partial charge is 0.338 e. The third kappa shape index (κ3) is 2.50. The van der Waals surface area contributed by atoms with E-state index in [4.69, 9.17) is 0 Å². The smallest absolute Gasteiger partial charge is 0.317 e. The summed E-state index contributed by atoms with van der Waals surface area (Å²) in [7, 11) is 0. The summed E-state index contributed by atoms with van der Waals surface area (Å²) >= 11 is 1.71. The third-order valence-electron chi connectivity index (χ3n) is 2.76. The van der Waals surface area contributed by atoms with Crippen LogP contribution in [0.15, 0.2) is 16.8 Å². The third-order valence-corrected chi connectivity index (χ3v) is 3.49. The van der Waals surface area contributed by atoms with Crippen molar-refractivity contribution in [1.29, 1.82) is 0 Å². The summed E-state index contributed by atoms with van der Waals surface area (Å²) in [5.74, 6) is 0. The number of carbonyl (C=O) groups excluding carboxylic acids is 1. The van der Waals surface area contributed by atoms with Crippen molar-refractivity contribution in [3.8, 4) is 0 Å². The molecule has 1 aliphatic rings. The Morgan fingerprint density at radius 2 is 2.53 bits per heavy atom. The van der Waals surface area contributed by atoms with Crippen molar-refractivity contribution in [3.05, 3.63) is 22.4 Å². The topological polar surface area (TPSA) is 32.3 Å². The standard InChI is InChI=1S/C11H16N2OS/c1-9(7-10-3-6-15-8-10)13-5-2-4-12-11(13)14/h3,6,8-9H,2,4-5,7H2,1H3,(H,12,14). The first-order valence-electron chi connectivity index (χ1n) is 5.33. The number of nitrogens with one attached hydrogen (secondary N) is 1. The highest BCUT2D eigenvalue weighted by atomic mass is 32.1. The van der Waals surface area contributed by atoms with Gasteiger partial charge in [0.2, 0.25) is 0 Å². The summed E-state index contributed by atoms with van der Waals surface area (Å²) in [5, 5.41) is 7.12. The Balaban J connectivity index is 1.94. The van der Waals surface area contributed by atoms with Crippen molar-refractivity contribution >= 4 is 17.4 Å². The summed E-state index contributed by atoms with van der Waals surface area (Å²) in [4.78, 5) is 13.5. The van der Waals surface area contributed by atoms with E-state index in [0.717, 1.165) is 25.9 Å². The van der Waals surface area contributed by atoms with Gasteiger partial charge in [-0.1, -0.05) is 0 Å². The van der Waals surface area contributed by atoms with Crippen LogP contribution in [0.25, 0.3) is 0 Å². The minimum atomic E-state index is 0.0870. The quantitative estimate of drug-likeness (QED) is 0.837. The predicted molar refractivity (Wildman–Crippen MR) is 62.2 cm³/mol. The first kappa shape index (κ1) is 10.5. The second-order valence-electron chi connectivity index (χ2n) is 3.96. The molecule has 82 valence electrons. The molecule has 1 saturated heterocycles. The number of urea groups is 1. The molecule has 1 atom stereocenters. The van der Waals surface area contributed by atoms with Crippen LogP contribution in [0.3, 0.4) is 0 Å². The monoisotopic (exact) mass is 224 g/mol. The van der Waals surface area contributed by atoms with Crippen LogP contribution >= 0.6 is 11.3 Å². The average molecular weight is 224 g/mol. The van der Waals surface area contributed by atoms with Crippen molar-refractivity contribution in [3.63, 3.8) is 0 Å². The molecule has 0 spiro atoms. The summed E-state index contributed by atoms with van der Waals surface area (Å²) in [5.41, 5.74) is 1.32. The molecule has 3 nitrogen and oxygen atoms in total. The zero-order valence-electron chi connectivity index (χ0n) is 8.90. The van der Waals surface area contributed by atoms with Crippen LogP contribution in [-0.2, 0) is 6.42 Å². The lowest BCUT2D eigenvalue weighted by molar-refractivity contribution is 0.165. The van der Waals surface area contributed by atoms with E-state index in [-0.39, 0.29) is 6.03 Å². The van der Waals surface area contributed by atoms with E-state index in [0.29, 0.717) is 6.04 Å². The molecular formula is C11H16N2OS. The molecule has 0 aromatic carbocycles. The van der Waals surface area contributed by atoms with E-state index in [1.54, 1.807) is 11.3 Å². The maximum Gasteiger partial charge on any atom is 0.317 e. The van der Waals surface area contributed by atoms with Crippen molar-refractivity contribution in [1.82, 2.24) is 10.2 Å². The van der Waals surface area contributed by atoms with Gasteiger partial charge < -0.3 is 10.2 Å². The highest BCUT2D eigenvalue weighted by Crippen LogP contribution is 2.13. The fourth-order valence-corrected chi connectivity index (χ4v) is 2.61. The van der Waals surface area contributed by atoms with E-state index in [1.165, 1.54) is 5.56 Å². The van der Waals surface area contributed by atoms with Crippen LogP contribution in [0.2, 0.25) is 0 Å². The van der Waals surface area contributed by atoms with Crippen LogP contribution in [0.5, 0.6) is 0 Å². The molecule has 4 heteroatoms. The minimum absolute atomic E-state index is 0.0870. The molecule has 1 aromatic heterocycles. The van der Waals surface area contributed by atoms with Crippen LogP contribution in [-0.4, -0.2) is 30.1 Å². The number of amides is 2. The molecular weight excluding hydrogens is 208 g/mol. The molecule has 0 bridgehead atoms. The summed E-state index contributed by atoms with van der Waals surface area (Å²) in [6.07, 6.45) is 2.01. The number of hydrogen-bond acceptors (Lipinski definition) is 2. The van der Waals surface area contributed by atoms with Crippen molar-refractivity contribution in [2.75, 3.05) is 13.1 Å². The van der Waals surface area contributed by atoms with Gasteiger partial charge in [-0.3, -0.25) is 0 Å². The van der Waals surface area contributed by atoms with E-state index in [2.05, 4.69) is 29.1 Å². The Hall–Kier alpha value is -1.03. The SMILES string of the molecule is CC(Cc1ccsc1)N1CCCNC1=O. The van der Waals surface area contributed by atoms with E-state index in [1.807, 2.05) is 4.90 Å². The van der Waals surface area contributed by atoms with Crippen LogP contribution in [0.1, 0.15) is 18.9 Å². The zero-order chi connectivity index (χ0) is 10.7. The molecule has 2 amide bonds. The maximum absolute atomic E-state index is 11.6. The molecule has 2 heterocycles. The number of hydrogen-bond donors (Lipinski definition) is 1. The Kier molecular flexibility index (Phi) is 3.26. The van der Waals surface area contributed by atoms with Crippen molar-refractivity contribution in [2.24, 2.45) is 0 Å². The first-order valence-corrected chi connectivity index (χ1v) is 6.27. The Morgan fingerprint density at radius 3 is 3.20 bits per heavy atom. The van der Waals surface area contributed by atoms with E-state index in [9.17, 15) is 4.79 Å². The summed E-state index contributed by atoms with van der Waals surface area (Å²) < 4.78 is 0. The Bertz CT molecular complexity index is 323. The molecule has 0 saturated carbocycles. The van der Waals surface area contributed by atoms with Gasteiger partial charge in [-0.2, -0.15) is 11.3 Å². The zero-order valence-corrected chi connectivity index (χ0v) is 9.72. The van der Waals surface area contributed by atoms with Gasteiger partial charge in [0.25, 0.3) is 0 Å². The lowest BCUT2D eigenvalue weighted by Crippen LogP contribution is -2.50. The van der Waals surface area contributed by atoms with E-state index < -0.39 is 0 Å². The lowest BCUT2D eigenvalue weighted by atomic mass is 10.1. The summed E-state index contributed by atoms with van der Waals surface area (Å²) in [6.45, 7) is 3.82. The van der Waals surface area contributed by atoms with Gasteiger partial charge in [-0.05, 0) is 42.2 Å². The number of rotatable bonds is 3. The first-order chi connectivity index (χ1) is 7.27. The fraction of sp³-hybridized carbons (Fsp3) is 0.545. The highest BCUT2D eigenvalue weighted by Gasteiger charge is 2.22. The molecule has 1 aromatic rings. The maximum atomic E-state index is 11.6. The van der Waals surface area contributed by atoms with Gasteiger partial charge in [-0.25, -0.2) is 4.79 Å². The number of carbonyl (C=O) groups is 1. The number of nitrogens with zero attached hydrogens (tertiary/aromatic N) is 1. The van der Waals surface area contributed by atoms with Crippen LogP contribution in [0.4, 0.5) is 4.79 Å². The lowest BCUT2D eigenvalue weighted by Gasteiger charge is -2.32. The van der Waals surface area contributed by atoms with Crippen molar-refractivity contribution < 1.29 is 4.79 Å². The van der Waals surface area contributed by atoms with Crippen LogP contribution < -0.4 is 5.32 Å². The minimum Gasteiger partial charge on any atom is -0.338 e. The van der Waals surface area contributed by atoms with Crippen LogP contribution in [0, 0.1) is 0 Å².